The molecule has 0 atom stereocenters. The first-order chi connectivity index (χ1) is 13.5. The van der Waals surface area contributed by atoms with Crippen LogP contribution in [0.1, 0.15) is 57.4 Å². The highest BCUT2D eigenvalue weighted by Crippen LogP contribution is 2.15. The van der Waals surface area contributed by atoms with Crippen LogP contribution in [-0.4, -0.2) is 65.2 Å². The summed E-state index contributed by atoms with van der Waals surface area (Å²) in [5.41, 5.74) is 1.41. The first kappa shape index (κ1) is 28.2. The van der Waals surface area contributed by atoms with Crippen LogP contribution in [0.4, 0.5) is 0 Å². The van der Waals surface area contributed by atoms with Crippen LogP contribution in [0.15, 0.2) is 24.3 Å². The Labute approximate surface area is 185 Å². The second kappa shape index (κ2) is 18.0. The summed E-state index contributed by atoms with van der Waals surface area (Å²) in [6, 6.07) is 8.53. The maximum atomic E-state index is 5.75. The number of nitrogens with zero attached hydrogens (tertiary/aromatic N) is 1. The molecule has 0 saturated carbocycles. The summed E-state index contributed by atoms with van der Waals surface area (Å²) < 4.78 is 17.8. The minimum absolute atomic E-state index is 0. The number of halogens is 1. The molecule has 29 heavy (non-hydrogen) atoms. The van der Waals surface area contributed by atoms with E-state index in [4.69, 9.17) is 14.2 Å². The van der Waals surface area contributed by atoms with Crippen LogP contribution in [0.5, 0.6) is 5.75 Å². The fourth-order valence-electron chi connectivity index (χ4n) is 2.92. The first-order valence-corrected chi connectivity index (χ1v) is 11.2. The lowest BCUT2D eigenvalue weighted by molar-refractivity contribution is -0.870. The molecule has 170 valence electrons. The Bertz CT molecular complexity index is 474. The van der Waals surface area contributed by atoms with E-state index in [1.165, 1.54) is 56.9 Å². The van der Waals surface area contributed by atoms with Crippen LogP contribution in [0.2, 0.25) is 0 Å². The second-order valence-electron chi connectivity index (χ2n) is 8.60. The predicted octanol–water partition coefficient (Wildman–Crippen LogP) is 2.10. The lowest BCUT2D eigenvalue weighted by atomic mass is 10.0. The summed E-state index contributed by atoms with van der Waals surface area (Å²) in [6.45, 7) is 6.50. The van der Waals surface area contributed by atoms with E-state index in [-0.39, 0.29) is 12.4 Å². The highest BCUT2D eigenvalue weighted by molar-refractivity contribution is 5.27. The van der Waals surface area contributed by atoms with Crippen molar-refractivity contribution in [3.63, 3.8) is 0 Å². The number of likely N-dealkylation sites (N-methyl/N-ethyl adjacent to an activating group) is 1. The molecule has 0 N–H and O–H groups in total. The number of hydrogen-bond donors (Lipinski definition) is 0. The predicted molar refractivity (Wildman–Crippen MR) is 118 cm³/mol. The molecule has 4 nitrogen and oxygen atoms in total. The van der Waals surface area contributed by atoms with Crippen molar-refractivity contribution in [3.8, 4) is 5.75 Å². The summed E-state index contributed by atoms with van der Waals surface area (Å²) in [6.07, 6.45) is 10.7. The van der Waals surface area contributed by atoms with Gasteiger partial charge in [-0.3, -0.25) is 0 Å². The van der Waals surface area contributed by atoms with Gasteiger partial charge in [-0.1, -0.05) is 57.6 Å². The molecule has 1 aromatic carbocycles. The third-order valence-electron chi connectivity index (χ3n) is 4.77. The third kappa shape index (κ3) is 17.7. The van der Waals surface area contributed by atoms with E-state index in [0.29, 0.717) is 26.4 Å². The van der Waals surface area contributed by atoms with E-state index in [1.807, 2.05) is 0 Å². The average molecular weight is 430 g/mol. The molecule has 1 rings (SSSR count). The number of hydrogen-bond acceptors (Lipinski definition) is 3. The second-order valence-corrected chi connectivity index (χ2v) is 8.60. The Hall–Kier alpha value is -0.810. The molecule has 0 aromatic heterocycles. The summed E-state index contributed by atoms with van der Waals surface area (Å²) >= 11 is 0. The molecule has 0 bridgehead atoms. The van der Waals surface area contributed by atoms with Crippen LogP contribution in [0.3, 0.4) is 0 Å². The molecular formula is C24H44ClNO3. The van der Waals surface area contributed by atoms with Gasteiger partial charge in [0.2, 0.25) is 0 Å². The standard InChI is InChI=1S/C24H44NO3.ClH/c1-5-6-7-8-9-10-11-12-23-13-15-24(16-14-23)28-22-21-27-20-19-26-18-17-25(2,3)4;/h13-16H,5-12,17-22H2,1-4H3;1H/q+1;/p-1. The molecule has 1 aromatic rings. The van der Waals surface area contributed by atoms with Crippen LogP contribution < -0.4 is 17.1 Å². The summed E-state index contributed by atoms with van der Waals surface area (Å²) in [5.74, 6) is 0.922. The highest BCUT2D eigenvalue weighted by Gasteiger charge is 2.05. The zero-order valence-corrected chi connectivity index (χ0v) is 20.0. The van der Waals surface area contributed by atoms with Crippen molar-refractivity contribution in [3.05, 3.63) is 29.8 Å². The number of benzene rings is 1. The van der Waals surface area contributed by atoms with E-state index in [1.54, 1.807) is 0 Å². The SMILES string of the molecule is CCCCCCCCCc1ccc(OCCOCCOCC[N+](C)(C)C)cc1.[Cl-]. The lowest BCUT2D eigenvalue weighted by Gasteiger charge is -2.23. The maximum Gasteiger partial charge on any atom is 0.119 e. The molecule has 0 heterocycles. The Kier molecular flexibility index (Phi) is 17.5. The average Bonchev–Trinajstić information content (AvgIpc) is 2.66. The molecule has 0 saturated heterocycles. The number of ether oxygens (including phenoxy) is 3. The number of aryl methyl sites for hydroxylation is 1. The van der Waals surface area contributed by atoms with Crippen molar-refractivity contribution in [2.24, 2.45) is 0 Å². The van der Waals surface area contributed by atoms with Gasteiger partial charge in [-0.25, -0.2) is 0 Å². The van der Waals surface area contributed by atoms with Gasteiger partial charge in [0.15, 0.2) is 0 Å². The third-order valence-corrected chi connectivity index (χ3v) is 4.77. The number of quaternary nitrogens is 1. The molecule has 5 heteroatoms. The van der Waals surface area contributed by atoms with E-state index in [2.05, 4.69) is 52.3 Å². The van der Waals surface area contributed by atoms with Gasteiger partial charge in [-0.05, 0) is 30.5 Å². The topological polar surface area (TPSA) is 27.7 Å². The lowest BCUT2D eigenvalue weighted by Crippen LogP contribution is -3.00. The molecule has 0 radical (unpaired) electrons. The summed E-state index contributed by atoms with van der Waals surface area (Å²) in [5, 5.41) is 0. The zero-order chi connectivity index (χ0) is 20.5. The Morgan fingerprint density at radius 2 is 1.24 bits per heavy atom. The van der Waals surface area contributed by atoms with Gasteiger partial charge in [-0.2, -0.15) is 0 Å². The fourth-order valence-corrected chi connectivity index (χ4v) is 2.92. The van der Waals surface area contributed by atoms with E-state index in [0.717, 1.165) is 23.4 Å². The van der Waals surface area contributed by atoms with Crippen molar-refractivity contribution >= 4 is 0 Å². The van der Waals surface area contributed by atoms with Gasteiger partial charge in [0.1, 0.15) is 18.9 Å². The molecule has 0 spiro atoms. The Morgan fingerprint density at radius 3 is 1.86 bits per heavy atom. The minimum atomic E-state index is 0. The van der Waals surface area contributed by atoms with Gasteiger partial charge in [0.05, 0.1) is 47.6 Å². The largest absolute Gasteiger partial charge is 1.00 e. The first-order valence-electron chi connectivity index (χ1n) is 11.2. The quantitative estimate of drug-likeness (QED) is 0.264. The fraction of sp³-hybridized carbons (Fsp3) is 0.750. The minimum Gasteiger partial charge on any atom is -1.00 e. The Balaban J connectivity index is 0.00000784. The van der Waals surface area contributed by atoms with Crippen molar-refractivity contribution in [2.45, 2.75) is 58.3 Å². The molecule has 0 aliphatic heterocycles. The van der Waals surface area contributed by atoms with Crippen LogP contribution in [-0.2, 0) is 15.9 Å². The zero-order valence-electron chi connectivity index (χ0n) is 19.3. The van der Waals surface area contributed by atoms with E-state index < -0.39 is 0 Å². The van der Waals surface area contributed by atoms with Crippen molar-refractivity contribution in [1.82, 2.24) is 0 Å². The molecule has 0 fully saturated rings. The van der Waals surface area contributed by atoms with Gasteiger partial charge < -0.3 is 31.1 Å². The van der Waals surface area contributed by atoms with Gasteiger partial charge in [0.25, 0.3) is 0 Å². The van der Waals surface area contributed by atoms with Crippen molar-refractivity contribution < 1.29 is 31.1 Å². The van der Waals surface area contributed by atoms with Crippen molar-refractivity contribution in [1.29, 1.82) is 0 Å². The van der Waals surface area contributed by atoms with Gasteiger partial charge >= 0.3 is 0 Å². The Morgan fingerprint density at radius 1 is 0.690 bits per heavy atom. The molecule has 0 amide bonds. The van der Waals surface area contributed by atoms with Gasteiger partial charge in [0, 0.05) is 0 Å². The van der Waals surface area contributed by atoms with Crippen molar-refractivity contribution in [2.75, 3.05) is 60.7 Å². The van der Waals surface area contributed by atoms with E-state index >= 15 is 0 Å². The summed E-state index contributed by atoms with van der Waals surface area (Å²) in [7, 11) is 6.50. The molecule has 0 unspecified atom stereocenters. The van der Waals surface area contributed by atoms with Gasteiger partial charge in [-0.15, -0.1) is 0 Å². The molecule has 0 aliphatic carbocycles. The monoisotopic (exact) mass is 429 g/mol. The van der Waals surface area contributed by atoms with E-state index in [9.17, 15) is 0 Å². The van der Waals surface area contributed by atoms with Crippen LogP contribution in [0, 0.1) is 0 Å². The molecule has 0 aliphatic rings. The normalized spacial score (nSPS) is 11.3. The van der Waals surface area contributed by atoms with Crippen LogP contribution in [0.25, 0.3) is 0 Å². The van der Waals surface area contributed by atoms with Crippen LogP contribution >= 0.6 is 0 Å². The number of unbranched alkanes of at least 4 members (excludes halogenated alkanes) is 6. The summed E-state index contributed by atoms with van der Waals surface area (Å²) in [4.78, 5) is 0. The highest BCUT2D eigenvalue weighted by atomic mass is 35.5. The maximum absolute atomic E-state index is 5.75. The molecular weight excluding hydrogens is 386 g/mol. The smallest absolute Gasteiger partial charge is 0.119 e. The number of rotatable bonds is 18.